The summed E-state index contributed by atoms with van der Waals surface area (Å²) in [5.41, 5.74) is 0.754. The standard InChI is InChI=1S/C17H22N2O4S2/c1-3-4-9-16(20)18-17-19(12-7-5-6-8-14(12)23-2)13-10-25(21,22)11-15(13)24-17/h5-8,13,15H,3-4,9-11H2,1-2H3/t13-,15+/m0/s1. The van der Waals surface area contributed by atoms with Crippen molar-refractivity contribution in [3.63, 3.8) is 0 Å². The quantitative estimate of drug-likeness (QED) is 0.779. The fraction of sp³-hybridized carbons (Fsp3) is 0.529. The minimum atomic E-state index is -3.08. The molecule has 0 aromatic heterocycles. The highest BCUT2D eigenvalue weighted by Gasteiger charge is 2.49. The van der Waals surface area contributed by atoms with Gasteiger partial charge in [-0.15, -0.1) is 0 Å². The number of amidine groups is 1. The zero-order valence-corrected chi connectivity index (χ0v) is 16.0. The van der Waals surface area contributed by atoms with E-state index in [0.29, 0.717) is 17.3 Å². The summed E-state index contributed by atoms with van der Waals surface area (Å²) in [7, 11) is -1.50. The van der Waals surface area contributed by atoms with E-state index in [1.807, 2.05) is 36.1 Å². The Labute approximate surface area is 152 Å². The van der Waals surface area contributed by atoms with Crippen LogP contribution in [0, 0.1) is 0 Å². The summed E-state index contributed by atoms with van der Waals surface area (Å²) in [6.45, 7) is 2.03. The van der Waals surface area contributed by atoms with Crippen LogP contribution in [0.1, 0.15) is 26.2 Å². The van der Waals surface area contributed by atoms with Crippen LogP contribution in [-0.4, -0.2) is 49.4 Å². The van der Waals surface area contributed by atoms with Crippen molar-refractivity contribution in [2.45, 2.75) is 37.5 Å². The zero-order chi connectivity index (χ0) is 18.0. The molecule has 0 bridgehead atoms. The second kappa shape index (κ2) is 7.37. The molecule has 25 heavy (non-hydrogen) atoms. The van der Waals surface area contributed by atoms with Crippen LogP contribution in [0.2, 0.25) is 0 Å². The van der Waals surface area contributed by atoms with Crippen molar-refractivity contribution in [1.29, 1.82) is 0 Å². The highest BCUT2D eigenvalue weighted by atomic mass is 32.2. The summed E-state index contributed by atoms with van der Waals surface area (Å²) < 4.78 is 29.6. The molecule has 3 rings (SSSR count). The molecule has 6 nitrogen and oxygen atoms in total. The normalized spacial score (nSPS) is 26.0. The number of methoxy groups -OCH3 is 1. The van der Waals surface area contributed by atoms with Gasteiger partial charge in [0.25, 0.3) is 0 Å². The zero-order valence-electron chi connectivity index (χ0n) is 14.3. The predicted octanol–water partition coefficient (Wildman–Crippen LogP) is 2.49. The van der Waals surface area contributed by atoms with Gasteiger partial charge in [0.1, 0.15) is 5.75 Å². The van der Waals surface area contributed by atoms with Crippen molar-refractivity contribution < 1.29 is 17.9 Å². The van der Waals surface area contributed by atoms with Crippen molar-refractivity contribution in [3.05, 3.63) is 24.3 Å². The number of aliphatic imine (C=N–C) groups is 1. The van der Waals surface area contributed by atoms with Crippen molar-refractivity contribution in [1.82, 2.24) is 0 Å². The number of unbranched alkanes of at least 4 members (excludes halogenated alkanes) is 1. The van der Waals surface area contributed by atoms with E-state index in [4.69, 9.17) is 4.74 Å². The van der Waals surface area contributed by atoms with Gasteiger partial charge in [-0.3, -0.25) is 4.79 Å². The number of hydrogen-bond acceptors (Lipinski definition) is 5. The first-order chi connectivity index (χ1) is 11.9. The van der Waals surface area contributed by atoms with E-state index < -0.39 is 9.84 Å². The molecule has 1 aromatic rings. The monoisotopic (exact) mass is 382 g/mol. The highest BCUT2D eigenvalue weighted by molar-refractivity contribution is 8.16. The van der Waals surface area contributed by atoms with Gasteiger partial charge in [-0.05, 0) is 18.6 Å². The number of carbonyl (C=O) groups is 1. The number of nitrogens with zero attached hydrogens (tertiary/aromatic N) is 2. The van der Waals surface area contributed by atoms with Gasteiger partial charge in [-0.2, -0.15) is 4.99 Å². The molecule has 1 amide bonds. The number of amides is 1. The van der Waals surface area contributed by atoms with E-state index in [1.54, 1.807) is 7.11 Å². The molecule has 2 heterocycles. The van der Waals surface area contributed by atoms with Crippen LogP contribution in [-0.2, 0) is 14.6 Å². The van der Waals surface area contributed by atoms with Gasteiger partial charge in [0.2, 0.25) is 5.91 Å². The van der Waals surface area contributed by atoms with Crippen LogP contribution in [0.3, 0.4) is 0 Å². The molecule has 0 spiro atoms. The molecular formula is C17H22N2O4S2. The molecule has 0 aliphatic carbocycles. The molecule has 8 heteroatoms. The van der Waals surface area contributed by atoms with Gasteiger partial charge in [-0.25, -0.2) is 8.42 Å². The summed E-state index contributed by atoms with van der Waals surface area (Å²) in [4.78, 5) is 18.3. The molecule has 2 aliphatic heterocycles. The van der Waals surface area contributed by atoms with Crippen LogP contribution >= 0.6 is 11.8 Å². The molecule has 0 radical (unpaired) electrons. The Hall–Kier alpha value is -1.54. The molecule has 136 valence electrons. The maximum absolute atomic E-state index is 12.2. The summed E-state index contributed by atoms with van der Waals surface area (Å²) >= 11 is 1.39. The Morgan fingerprint density at radius 1 is 1.36 bits per heavy atom. The molecule has 2 aliphatic rings. The van der Waals surface area contributed by atoms with Crippen LogP contribution in [0.5, 0.6) is 5.75 Å². The van der Waals surface area contributed by atoms with Gasteiger partial charge in [0, 0.05) is 11.7 Å². The van der Waals surface area contributed by atoms with Crippen LogP contribution in [0.4, 0.5) is 5.69 Å². The lowest BCUT2D eigenvalue weighted by Gasteiger charge is -2.26. The van der Waals surface area contributed by atoms with Crippen molar-refractivity contribution >= 4 is 38.4 Å². The second-order valence-electron chi connectivity index (χ2n) is 6.23. The Bertz CT molecular complexity index is 792. The highest BCUT2D eigenvalue weighted by Crippen LogP contribution is 2.43. The van der Waals surface area contributed by atoms with Crippen molar-refractivity contribution in [3.8, 4) is 5.75 Å². The maximum atomic E-state index is 12.2. The first-order valence-corrected chi connectivity index (χ1v) is 11.1. The largest absolute Gasteiger partial charge is 0.495 e. The average molecular weight is 383 g/mol. The first kappa shape index (κ1) is 18.3. The molecule has 2 fully saturated rings. The van der Waals surface area contributed by atoms with Crippen molar-refractivity contribution in [2.75, 3.05) is 23.5 Å². The van der Waals surface area contributed by atoms with E-state index in [0.717, 1.165) is 18.5 Å². The minimum Gasteiger partial charge on any atom is -0.495 e. The van der Waals surface area contributed by atoms with E-state index in [1.165, 1.54) is 11.8 Å². The van der Waals surface area contributed by atoms with Gasteiger partial charge >= 0.3 is 0 Å². The molecule has 0 N–H and O–H groups in total. The topological polar surface area (TPSA) is 76.0 Å². The number of anilines is 1. The Balaban J connectivity index is 1.98. The third-order valence-electron chi connectivity index (χ3n) is 4.38. The number of sulfone groups is 1. The minimum absolute atomic E-state index is 0.0743. The first-order valence-electron chi connectivity index (χ1n) is 8.36. The van der Waals surface area contributed by atoms with E-state index in [2.05, 4.69) is 4.99 Å². The van der Waals surface area contributed by atoms with E-state index in [9.17, 15) is 13.2 Å². The fourth-order valence-electron chi connectivity index (χ4n) is 3.17. The number of thioether (sulfide) groups is 1. The van der Waals surface area contributed by atoms with Crippen molar-refractivity contribution in [2.24, 2.45) is 4.99 Å². The molecule has 2 saturated heterocycles. The van der Waals surface area contributed by atoms with E-state index >= 15 is 0 Å². The predicted molar refractivity (Wildman–Crippen MR) is 101 cm³/mol. The van der Waals surface area contributed by atoms with Gasteiger partial charge in [0.15, 0.2) is 15.0 Å². The smallest absolute Gasteiger partial charge is 0.248 e. The lowest BCUT2D eigenvalue weighted by Crippen LogP contribution is -2.38. The van der Waals surface area contributed by atoms with Gasteiger partial charge < -0.3 is 9.64 Å². The summed E-state index contributed by atoms with van der Waals surface area (Å²) in [5, 5.41) is 0.475. The number of benzene rings is 1. The summed E-state index contributed by atoms with van der Waals surface area (Å²) in [6.07, 6.45) is 2.15. The molecular weight excluding hydrogens is 360 g/mol. The number of fused-ring (bicyclic) bond motifs is 1. The summed E-state index contributed by atoms with van der Waals surface area (Å²) in [6, 6.07) is 7.21. The fourth-order valence-corrected chi connectivity index (χ4v) is 7.09. The number of para-hydroxylation sites is 2. The average Bonchev–Trinajstić information content (AvgIpc) is 3.03. The van der Waals surface area contributed by atoms with E-state index in [-0.39, 0.29) is 28.7 Å². The lowest BCUT2D eigenvalue weighted by molar-refractivity contribution is -0.117. The third kappa shape index (κ3) is 3.84. The SMILES string of the molecule is CCCCC(=O)N=C1S[C@@H]2CS(=O)(=O)C[C@@H]2N1c1ccccc1OC. The molecule has 0 unspecified atom stereocenters. The molecule has 2 atom stereocenters. The third-order valence-corrected chi connectivity index (χ3v) is 7.59. The number of ether oxygens (including phenoxy) is 1. The van der Waals surface area contributed by atoms with Gasteiger partial charge in [0.05, 0.1) is 30.3 Å². The summed E-state index contributed by atoms with van der Waals surface area (Å²) in [5.74, 6) is 0.676. The lowest BCUT2D eigenvalue weighted by atomic mass is 10.2. The van der Waals surface area contributed by atoms with Crippen LogP contribution in [0.25, 0.3) is 0 Å². The Morgan fingerprint density at radius 2 is 2.12 bits per heavy atom. The van der Waals surface area contributed by atoms with Crippen LogP contribution < -0.4 is 9.64 Å². The molecule has 1 aromatic carbocycles. The Kier molecular flexibility index (Phi) is 5.38. The number of hydrogen-bond donors (Lipinski definition) is 0. The Morgan fingerprint density at radius 3 is 2.84 bits per heavy atom. The molecule has 0 saturated carbocycles. The maximum Gasteiger partial charge on any atom is 0.248 e. The number of rotatable bonds is 5. The van der Waals surface area contributed by atoms with Crippen LogP contribution in [0.15, 0.2) is 29.3 Å². The second-order valence-corrected chi connectivity index (χ2v) is 9.59. The number of carbonyl (C=O) groups excluding carboxylic acids is 1. The van der Waals surface area contributed by atoms with Gasteiger partial charge in [-0.1, -0.05) is 37.2 Å².